The van der Waals surface area contributed by atoms with E-state index in [-0.39, 0.29) is 11.8 Å². The molecule has 1 aromatic rings. The maximum Gasteiger partial charge on any atom is 0.225 e. The normalized spacial score (nSPS) is 25.0. The summed E-state index contributed by atoms with van der Waals surface area (Å²) in [4.78, 5) is 29.8. The van der Waals surface area contributed by atoms with Crippen molar-refractivity contribution in [3.63, 3.8) is 0 Å². The second-order valence-corrected chi connectivity index (χ2v) is 8.62. The molecule has 27 heavy (non-hydrogen) atoms. The van der Waals surface area contributed by atoms with Gasteiger partial charge >= 0.3 is 0 Å². The number of carbonyl (C=O) groups is 2. The van der Waals surface area contributed by atoms with Gasteiger partial charge in [0.1, 0.15) is 0 Å². The fraction of sp³-hybridized carbons (Fsp3) is 0.652. The van der Waals surface area contributed by atoms with Crippen molar-refractivity contribution >= 4 is 11.8 Å². The molecule has 1 saturated carbocycles. The van der Waals surface area contributed by atoms with Crippen LogP contribution in [0.2, 0.25) is 0 Å². The molecule has 146 valence electrons. The zero-order valence-electron chi connectivity index (χ0n) is 16.3. The Morgan fingerprint density at radius 1 is 0.704 bits per heavy atom. The highest BCUT2D eigenvalue weighted by Crippen LogP contribution is 2.31. The third kappa shape index (κ3) is 4.20. The molecule has 0 radical (unpaired) electrons. The zero-order valence-corrected chi connectivity index (χ0v) is 16.3. The first-order valence-corrected chi connectivity index (χ1v) is 10.8. The van der Waals surface area contributed by atoms with Crippen LogP contribution in [0.25, 0.3) is 0 Å². The van der Waals surface area contributed by atoms with Gasteiger partial charge in [0.15, 0.2) is 0 Å². The molecular weight excluding hydrogens is 336 g/mol. The van der Waals surface area contributed by atoms with E-state index in [0.29, 0.717) is 17.7 Å². The third-order valence-corrected chi connectivity index (χ3v) is 6.86. The van der Waals surface area contributed by atoms with E-state index in [2.05, 4.69) is 35.2 Å². The maximum atomic E-state index is 13.1. The highest BCUT2D eigenvalue weighted by Gasteiger charge is 2.34. The minimum atomic E-state index is 0.104. The Hall–Kier alpha value is -1.84. The number of hydrogen-bond donors (Lipinski definition) is 0. The summed E-state index contributed by atoms with van der Waals surface area (Å²) in [5.41, 5.74) is 1.35. The SMILES string of the molecule is O=C(C1CCCC1)N1CCC(C(=O)N2CCC[C@@H](c3ccccc3)C2)CC1. The van der Waals surface area contributed by atoms with Crippen LogP contribution in [0.3, 0.4) is 0 Å². The molecule has 0 bridgehead atoms. The molecule has 2 saturated heterocycles. The first kappa shape index (κ1) is 18.5. The van der Waals surface area contributed by atoms with Gasteiger partial charge in [-0.15, -0.1) is 0 Å². The van der Waals surface area contributed by atoms with Crippen LogP contribution in [0.5, 0.6) is 0 Å². The number of nitrogens with zero attached hydrogens (tertiary/aromatic N) is 2. The van der Waals surface area contributed by atoms with Gasteiger partial charge in [-0.25, -0.2) is 0 Å². The van der Waals surface area contributed by atoms with Gasteiger partial charge in [-0.1, -0.05) is 43.2 Å². The van der Waals surface area contributed by atoms with Crippen LogP contribution < -0.4 is 0 Å². The monoisotopic (exact) mass is 368 g/mol. The van der Waals surface area contributed by atoms with Crippen molar-refractivity contribution in [1.82, 2.24) is 9.80 Å². The highest BCUT2D eigenvalue weighted by molar-refractivity contribution is 5.81. The van der Waals surface area contributed by atoms with Crippen LogP contribution in [-0.2, 0) is 9.59 Å². The van der Waals surface area contributed by atoms with Crippen LogP contribution in [0.15, 0.2) is 30.3 Å². The van der Waals surface area contributed by atoms with Crippen LogP contribution in [0.1, 0.15) is 62.8 Å². The van der Waals surface area contributed by atoms with Crippen LogP contribution >= 0.6 is 0 Å². The Labute approximate surface area is 162 Å². The molecule has 0 spiro atoms. The summed E-state index contributed by atoms with van der Waals surface area (Å²) in [6, 6.07) is 10.6. The van der Waals surface area contributed by atoms with E-state index in [1.54, 1.807) is 0 Å². The minimum Gasteiger partial charge on any atom is -0.342 e. The molecule has 4 rings (SSSR count). The lowest BCUT2D eigenvalue weighted by atomic mass is 9.88. The van der Waals surface area contributed by atoms with Crippen molar-refractivity contribution in [3.8, 4) is 0 Å². The van der Waals surface area contributed by atoms with Crippen LogP contribution in [-0.4, -0.2) is 47.8 Å². The summed E-state index contributed by atoms with van der Waals surface area (Å²) in [6.07, 6.45) is 8.45. The molecule has 4 heteroatoms. The van der Waals surface area contributed by atoms with Crippen molar-refractivity contribution in [2.45, 2.75) is 57.3 Å². The van der Waals surface area contributed by atoms with Gasteiger partial charge in [-0.05, 0) is 44.1 Å². The number of piperidine rings is 2. The Morgan fingerprint density at radius 2 is 1.33 bits per heavy atom. The van der Waals surface area contributed by atoms with Crippen LogP contribution in [0.4, 0.5) is 0 Å². The molecule has 1 aliphatic carbocycles. The summed E-state index contributed by atoms with van der Waals surface area (Å²) in [6.45, 7) is 3.27. The lowest BCUT2D eigenvalue weighted by molar-refractivity contribution is -0.143. The summed E-state index contributed by atoms with van der Waals surface area (Å²) < 4.78 is 0. The standard InChI is InChI=1S/C23H32N2O2/c26-22(19-9-4-5-10-19)24-15-12-20(13-16-24)23(27)25-14-6-11-21(17-25)18-7-2-1-3-8-18/h1-3,7-8,19-21H,4-6,9-17H2/t21-/m1/s1. The molecule has 3 aliphatic rings. The summed E-state index contributed by atoms with van der Waals surface area (Å²) in [5, 5.41) is 0. The van der Waals surface area contributed by atoms with Gasteiger partial charge in [-0.2, -0.15) is 0 Å². The van der Waals surface area contributed by atoms with Gasteiger partial charge in [-0.3, -0.25) is 9.59 Å². The molecule has 1 aromatic carbocycles. The molecule has 4 nitrogen and oxygen atoms in total. The molecule has 0 unspecified atom stereocenters. The summed E-state index contributed by atoms with van der Waals surface area (Å²) in [5.74, 6) is 1.50. The van der Waals surface area contributed by atoms with Crippen LogP contribution in [0, 0.1) is 11.8 Å². The third-order valence-electron chi connectivity index (χ3n) is 6.86. The van der Waals surface area contributed by atoms with Gasteiger partial charge in [0.05, 0.1) is 0 Å². The van der Waals surface area contributed by atoms with Gasteiger partial charge in [0.2, 0.25) is 11.8 Å². The average Bonchev–Trinajstić information content (AvgIpc) is 3.28. The van der Waals surface area contributed by atoms with E-state index in [1.165, 1.54) is 24.8 Å². The van der Waals surface area contributed by atoms with Crippen molar-refractivity contribution < 1.29 is 9.59 Å². The Kier molecular flexibility index (Phi) is 5.80. The predicted octanol–water partition coefficient (Wildman–Crippen LogP) is 3.82. The fourth-order valence-corrected chi connectivity index (χ4v) is 5.21. The zero-order chi connectivity index (χ0) is 18.6. The van der Waals surface area contributed by atoms with E-state index in [1.807, 2.05) is 4.90 Å². The highest BCUT2D eigenvalue weighted by atomic mass is 16.2. The minimum absolute atomic E-state index is 0.104. The number of amides is 2. The number of rotatable bonds is 3. The first-order valence-electron chi connectivity index (χ1n) is 10.8. The summed E-state index contributed by atoms with van der Waals surface area (Å²) in [7, 11) is 0. The van der Waals surface area contributed by atoms with E-state index in [9.17, 15) is 9.59 Å². The smallest absolute Gasteiger partial charge is 0.225 e. The number of carbonyl (C=O) groups excluding carboxylic acids is 2. The van der Waals surface area contributed by atoms with E-state index in [4.69, 9.17) is 0 Å². The van der Waals surface area contributed by atoms with Crippen molar-refractivity contribution in [3.05, 3.63) is 35.9 Å². The van der Waals surface area contributed by atoms with Gasteiger partial charge < -0.3 is 9.80 Å². The molecule has 3 fully saturated rings. The lowest BCUT2D eigenvalue weighted by Crippen LogP contribution is -2.47. The Balaban J connectivity index is 1.30. The molecule has 2 amide bonds. The Morgan fingerprint density at radius 3 is 2.04 bits per heavy atom. The van der Waals surface area contributed by atoms with E-state index < -0.39 is 0 Å². The fourth-order valence-electron chi connectivity index (χ4n) is 5.21. The predicted molar refractivity (Wildman–Crippen MR) is 106 cm³/mol. The van der Waals surface area contributed by atoms with E-state index >= 15 is 0 Å². The van der Waals surface area contributed by atoms with Gasteiger partial charge in [0, 0.05) is 43.9 Å². The average molecular weight is 369 g/mol. The topological polar surface area (TPSA) is 40.6 Å². The van der Waals surface area contributed by atoms with Crippen molar-refractivity contribution in [1.29, 1.82) is 0 Å². The quantitative estimate of drug-likeness (QED) is 0.814. The first-order chi connectivity index (χ1) is 13.2. The second-order valence-electron chi connectivity index (χ2n) is 8.62. The molecule has 2 heterocycles. The molecule has 2 aliphatic heterocycles. The molecule has 1 atom stereocenters. The number of likely N-dealkylation sites (tertiary alicyclic amines) is 2. The Bertz CT molecular complexity index is 646. The van der Waals surface area contributed by atoms with E-state index in [0.717, 1.165) is 58.3 Å². The van der Waals surface area contributed by atoms with Crippen molar-refractivity contribution in [2.24, 2.45) is 11.8 Å². The molecule has 0 aromatic heterocycles. The lowest BCUT2D eigenvalue weighted by Gasteiger charge is -2.38. The maximum absolute atomic E-state index is 13.1. The summed E-state index contributed by atoms with van der Waals surface area (Å²) >= 11 is 0. The molecular formula is C23H32N2O2. The van der Waals surface area contributed by atoms with Crippen molar-refractivity contribution in [2.75, 3.05) is 26.2 Å². The number of benzene rings is 1. The van der Waals surface area contributed by atoms with Gasteiger partial charge in [0.25, 0.3) is 0 Å². The number of hydrogen-bond acceptors (Lipinski definition) is 2. The largest absolute Gasteiger partial charge is 0.342 e. The second kappa shape index (κ2) is 8.45. The molecule has 0 N–H and O–H groups in total.